The zero-order valence-corrected chi connectivity index (χ0v) is 10.7. The van der Waals surface area contributed by atoms with Gasteiger partial charge < -0.3 is 0 Å². The molecule has 14 heavy (non-hydrogen) atoms. The quantitative estimate of drug-likeness (QED) is 0.685. The van der Waals surface area contributed by atoms with E-state index in [1.807, 2.05) is 0 Å². The molecule has 1 saturated heterocycles. The molecule has 0 radical (unpaired) electrons. The summed E-state index contributed by atoms with van der Waals surface area (Å²) in [7, 11) is 4.11. The molecule has 0 amide bonds. The van der Waals surface area contributed by atoms with Gasteiger partial charge in [0.05, 0.1) is 11.1 Å². The van der Waals surface area contributed by atoms with Crippen LogP contribution in [0, 0.1) is 11.8 Å². The van der Waals surface area contributed by atoms with Gasteiger partial charge in [0.2, 0.25) is 0 Å². The van der Waals surface area contributed by atoms with Crippen LogP contribution in [0.15, 0.2) is 0 Å². The van der Waals surface area contributed by atoms with E-state index in [1.165, 1.54) is 24.3 Å². The molecule has 1 aliphatic rings. The summed E-state index contributed by atoms with van der Waals surface area (Å²) in [4.78, 5) is 2.11. The Labute approximate surface area is 96.4 Å². The molecular weight excluding hydrogens is 210 g/mol. The minimum Gasteiger partial charge on any atom is -0.299 e. The first-order valence-corrected chi connectivity index (χ1v) is 7.22. The SMILES string of the molecule is CN(C)CC#CCCC1SCCCS1. The Morgan fingerprint density at radius 2 is 1.93 bits per heavy atom. The van der Waals surface area contributed by atoms with Crippen LogP contribution in [0.1, 0.15) is 19.3 Å². The lowest BCUT2D eigenvalue weighted by molar-refractivity contribution is 0.463. The third kappa shape index (κ3) is 5.85. The summed E-state index contributed by atoms with van der Waals surface area (Å²) in [5, 5.41) is 0. The second-order valence-corrected chi connectivity index (χ2v) is 6.57. The normalized spacial score (nSPS) is 17.9. The minimum absolute atomic E-state index is 0.817. The highest BCUT2D eigenvalue weighted by atomic mass is 32.2. The van der Waals surface area contributed by atoms with E-state index in [4.69, 9.17) is 0 Å². The Morgan fingerprint density at radius 1 is 1.21 bits per heavy atom. The van der Waals surface area contributed by atoms with E-state index in [1.54, 1.807) is 0 Å². The first-order valence-electron chi connectivity index (χ1n) is 5.12. The zero-order valence-electron chi connectivity index (χ0n) is 9.08. The molecule has 0 bridgehead atoms. The molecule has 0 aromatic rings. The lowest BCUT2D eigenvalue weighted by Crippen LogP contribution is -2.10. The molecule has 80 valence electrons. The molecule has 0 atom stereocenters. The van der Waals surface area contributed by atoms with Crippen LogP contribution in [0.2, 0.25) is 0 Å². The highest BCUT2D eigenvalue weighted by Crippen LogP contribution is 2.33. The summed E-state index contributed by atoms with van der Waals surface area (Å²) < 4.78 is 0.817. The lowest BCUT2D eigenvalue weighted by atomic mass is 10.3. The number of rotatable bonds is 3. The van der Waals surface area contributed by atoms with Crippen molar-refractivity contribution >= 4 is 23.5 Å². The average molecular weight is 229 g/mol. The van der Waals surface area contributed by atoms with E-state index in [0.29, 0.717) is 0 Å². The Hall–Kier alpha value is 0.220. The Morgan fingerprint density at radius 3 is 2.57 bits per heavy atom. The van der Waals surface area contributed by atoms with Crippen molar-refractivity contribution in [3.63, 3.8) is 0 Å². The summed E-state index contributed by atoms with van der Waals surface area (Å²) in [6.07, 6.45) is 3.71. The minimum atomic E-state index is 0.817. The molecular formula is C11H19NS2. The molecule has 0 N–H and O–H groups in total. The maximum Gasteiger partial charge on any atom is 0.0596 e. The van der Waals surface area contributed by atoms with E-state index in [2.05, 4.69) is 54.4 Å². The van der Waals surface area contributed by atoms with Crippen molar-refractivity contribution in [1.82, 2.24) is 4.90 Å². The van der Waals surface area contributed by atoms with E-state index >= 15 is 0 Å². The van der Waals surface area contributed by atoms with Crippen molar-refractivity contribution in [3.8, 4) is 11.8 Å². The number of thioether (sulfide) groups is 2. The van der Waals surface area contributed by atoms with Crippen molar-refractivity contribution < 1.29 is 0 Å². The first kappa shape index (κ1) is 12.3. The molecule has 0 aromatic carbocycles. The maximum atomic E-state index is 3.25. The van der Waals surface area contributed by atoms with Crippen LogP contribution < -0.4 is 0 Å². The van der Waals surface area contributed by atoms with Crippen LogP contribution in [0.4, 0.5) is 0 Å². The molecule has 0 aromatic heterocycles. The molecule has 1 fully saturated rings. The van der Waals surface area contributed by atoms with E-state index < -0.39 is 0 Å². The Balaban J connectivity index is 2.03. The molecule has 1 aliphatic heterocycles. The standard InChI is InChI=1S/C11H19NS2/c1-12(2)8-5-3-4-7-11-13-9-6-10-14-11/h11H,4,6-10H2,1-2H3. The fraction of sp³-hybridized carbons (Fsp3) is 0.818. The third-order valence-electron chi connectivity index (χ3n) is 1.92. The lowest BCUT2D eigenvalue weighted by Gasteiger charge is -2.19. The fourth-order valence-corrected chi connectivity index (χ4v) is 4.06. The summed E-state index contributed by atoms with van der Waals surface area (Å²) in [5.74, 6) is 9.13. The van der Waals surface area contributed by atoms with Crippen molar-refractivity contribution in [2.24, 2.45) is 0 Å². The van der Waals surface area contributed by atoms with Crippen molar-refractivity contribution in [3.05, 3.63) is 0 Å². The van der Waals surface area contributed by atoms with Gasteiger partial charge in [-0.2, -0.15) is 0 Å². The molecule has 0 saturated carbocycles. The predicted octanol–water partition coefficient (Wildman–Crippen LogP) is 2.53. The molecule has 0 unspecified atom stereocenters. The van der Waals surface area contributed by atoms with Crippen molar-refractivity contribution in [1.29, 1.82) is 0 Å². The highest BCUT2D eigenvalue weighted by Gasteiger charge is 2.12. The second-order valence-electron chi connectivity index (χ2n) is 3.65. The van der Waals surface area contributed by atoms with Gasteiger partial charge in [0, 0.05) is 6.42 Å². The largest absolute Gasteiger partial charge is 0.299 e. The highest BCUT2D eigenvalue weighted by molar-refractivity contribution is 8.17. The van der Waals surface area contributed by atoms with Gasteiger partial charge in [-0.1, -0.05) is 5.92 Å². The number of nitrogens with zero attached hydrogens (tertiary/aromatic N) is 1. The van der Waals surface area contributed by atoms with Gasteiger partial charge in [0.1, 0.15) is 0 Å². The topological polar surface area (TPSA) is 3.24 Å². The first-order chi connectivity index (χ1) is 6.79. The van der Waals surface area contributed by atoms with Crippen LogP contribution in [0.5, 0.6) is 0 Å². The van der Waals surface area contributed by atoms with Crippen LogP contribution in [-0.4, -0.2) is 41.6 Å². The molecule has 0 aliphatic carbocycles. The van der Waals surface area contributed by atoms with Gasteiger partial charge in [0.25, 0.3) is 0 Å². The van der Waals surface area contributed by atoms with Crippen molar-refractivity contribution in [2.75, 3.05) is 32.1 Å². The third-order valence-corrected chi connectivity index (χ3v) is 5.00. The number of hydrogen-bond acceptors (Lipinski definition) is 3. The van der Waals surface area contributed by atoms with Crippen LogP contribution in [0.3, 0.4) is 0 Å². The molecule has 3 heteroatoms. The second kappa shape index (κ2) is 7.50. The monoisotopic (exact) mass is 229 g/mol. The summed E-state index contributed by atoms with van der Waals surface area (Å²) in [5.41, 5.74) is 0. The van der Waals surface area contributed by atoms with Gasteiger partial charge in [-0.25, -0.2) is 0 Å². The molecule has 1 nitrogen and oxygen atoms in total. The molecule has 1 rings (SSSR count). The van der Waals surface area contributed by atoms with Crippen LogP contribution in [-0.2, 0) is 0 Å². The van der Waals surface area contributed by atoms with E-state index in [0.717, 1.165) is 17.5 Å². The Bertz CT molecular complexity index is 199. The van der Waals surface area contributed by atoms with Gasteiger partial charge in [-0.05, 0) is 38.4 Å². The fourth-order valence-electron chi connectivity index (χ4n) is 1.20. The summed E-state index contributed by atoms with van der Waals surface area (Å²) >= 11 is 4.22. The smallest absolute Gasteiger partial charge is 0.0596 e. The maximum absolute atomic E-state index is 3.25. The molecule has 1 heterocycles. The molecule has 0 spiro atoms. The van der Waals surface area contributed by atoms with E-state index in [9.17, 15) is 0 Å². The summed E-state index contributed by atoms with van der Waals surface area (Å²) in [6.45, 7) is 0.894. The summed E-state index contributed by atoms with van der Waals surface area (Å²) in [6, 6.07) is 0. The van der Waals surface area contributed by atoms with E-state index in [-0.39, 0.29) is 0 Å². The van der Waals surface area contributed by atoms with Gasteiger partial charge >= 0.3 is 0 Å². The average Bonchev–Trinajstić information content (AvgIpc) is 2.18. The predicted molar refractivity (Wildman–Crippen MR) is 68.9 cm³/mol. The van der Waals surface area contributed by atoms with Crippen molar-refractivity contribution in [2.45, 2.75) is 23.8 Å². The van der Waals surface area contributed by atoms with Crippen LogP contribution in [0.25, 0.3) is 0 Å². The van der Waals surface area contributed by atoms with Gasteiger partial charge in [0.15, 0.2) is 0 Å². The van der Waals surface area contributed by atoms with Gasteiger partial charge in [-0.3, -0.25) is 4.90 Å². The van der Waals surface area contributed by atoms with Crippen LogP contribution >= 0.6 is 23.5 Å². The zero-order chi connectivity index (χ0) is 10.2. The Kier molecular flexibility index (Phi) is 6.59. The number of hydrogen-bond donors (Lipinski definition) is 0. The van der Waals surface area contributed by atoms with Gasteiger partial charge in [-0.15, -0.1) is 29.4 Å².